The van der Waals surface area contributed by atoms with E-state index in [0.29, 0.717) is 0 Å². The molecule has 0 saturated carbocycles. The molecule has 8 nitrogen and oxygen atoms in total. The van der Waals surface area contributed by atoms with Gasteiger partial charge in [0.2, 0.25) is 0 Å². The molecule has 10 heteroatoms. The molecule has 1 unspecified atom stereocenters. The maximum absolute atomic E-state index is 11.9. The van der Waals surface area contributed by atoms with Crippen molar-refractivity contribution in [3.63, 3.8) is 0 Å². The summed E-state index contributed by atoms with van der Waals surface area (Å²) in [5.41, 5.74) is 0. The zero-order chi connectivity index (χ0) is 13.9. The number of halogens is 1. The van der Waals surface area contributed by atoms with E-state index in [0.717, 1.165) is 10.9 Å². The molecule has 1 rings (SSSR count). The minimum Gasteiger partial charge on any atom is -0.480 e. The van der Waals surface area contributed by atoms with Crippen molar-refractivity contribution in [3.05, 3.63) is 11.2 Å². The first-order valence-electron chi connectivity index (χ1n) is 4.83. The highest BCUT2D eigenvalue weighted by atomic mass is 35.5. The highest BCUT2D eigenvalue weighted by Gasteiger charge is 2.29. The molecule has 0 saturated heterocycles. The molecule has 102 valence electrons. The smallest absolute Gasteiger partial charge is 0.321 e. The summed E-state index contributed by atoms with van der Waals surface area (Å²) >= 11 is 5.67. The van der Waals surface area contributed by atoms with Gasteiger partial charge in [-0.05, 0) is 6.42 Å². The predicted molar refractivity (Wildman–Crippen MR) is 61.7 cm³/mol. The molecule has 0 fully saturated rings. The fraction of sp³-hybridized carbons (Fsp3) is 0.500. The van der Waals surface area contributed by atoms with Crippen molar-refractivity contribution in [1.82, 2.24) is 14.5 Å². The van der Waals surface area contributed by atoms with Gasteiger partial charge >= 0.3 is 5.97 Å². The summed E-state index contributed by atoms with van der Waals surface area (Å²) in [6.07, 6.45) is 0.891. The van der Waals surface area contributed by atoms with E-state index >= 15 is 0 Å². The minimum atomic E-state index is -4.12. The number of aliphatic hydroxyl groups excluding tert-OH is 1. The largest absolute Gasteiger partial charge is 0.480 e. The van der Waals surface area contributed by atoms with Crippen molar-refractivity contribution >= 4 is 27.6 Å². The molecule has 0 aliphatic carbocycles. The van der Waals surface area contributed by atoms with Gasteiger partial charge in [-0.1, -0.05) is 11.6 Å². The van der Waals surface area contributed by atoms with E-state index in [2.05, 4.69) is 5.10 Å². The van der Waals surface area contributed by atoms with Gasteiger partial charge in [0.25, 0.3) is 10.0 Å². The van der Waals surface area contributed by atoms with E-state index in [1.165, 1.54) is 7.05 Å². The Morgan fingerprint density at radius 3 is 2.67 bits per heavy atom. The zero-order valence-corrected chi connectivity index (χ0v) is 10.9. The quantitative estimate of drug-likeness (QED) is 0.631. The highest BCUT2D eigenvalue weighted by Crippen LogP contribution is 2.20. The molecule has 0 amide bonds. The molecule has 1 atom stereocenters. The number of hydrogen-bond acceptors (Lipinski definition) is 5. The molecular formula is C8H12ClN3O5S. The molecule has 0 bridgehead atoms. The monoisotopic (exact) mass is 297 g/mol. The van der Waals surface area contributed by atoms with Crippen LogP contribution >= 0.6 is 11.6 Å². The van der Waals surface area contributed by atoms with Crippen LogP contribution in [0, 0.1) is 0 Å². The van der Waals surface area contributed by atoms with E-state index in [1.54, 1.807) is 0 Å². The number of carbonyl (C=O) groups is 1. The lowest BCUT2D eigenvalue weighted by Crippen LogP contribution is -2.41. The van der Waals surface area contributed by atoms with Crippen molar-refractivity contribution in [2.75, 3.05) is 6.61 Å². The molecule has 0 aliphatic heterocycles. The van der Waals surface area contributed by atoms with Crippen LogP contribution in [0.5, 0.6) is 0 Å². The Morgan fingerprint density at radius 2 is 2.28 bits per heavy atom. The Balaban J connectivity index is 3.05. The summed E-state index contributed by atoms with van der Waals surface area (Å²) in [5, 5.41) is 20.7. The van der Waals surface area contributed by atoms with Gasteiger partial charge in [-0.15, -0.1) is 0 Å². The number of nitrogens with zero attached hydrogens (tertiary/aromatic N) is 2. The van der Waals surface area contributed by atoms with Crippen LogP contribution in [0.25, 0.3) is 0 Å². The van der Waals surface area contributed by atoms with Crippen LogP contribution in [-0.4, -0.2) is 47.0 Å². The van der Waals surface area contributed by atoms with Gasteiger partial charge in [-0.25, -0.2) is 8.42 Å². The van der Waals surface area contributed by atoms with Crippen LogP contribution in [0.1, 0.15) is 6.42 Å². The summed E-state index contributed by atoms with van der Waals surface area (Å²) in [6, 6.07) is -1.43. The Kier molecular flexibility index (Phi) is 4.68. The third-order valence-corrected chi connectivity index (χ3v) is 4.09. The van der Waals surface area contributed by atoms with E-state index in [9.17, 15) is 13.2 Å². The third kappa shape index (κ3) is 3.19. The molecule has 18 heavy (non-hydrogen) atoms. The van der Waals surface area contributed by atoms with Gasteiger partial charge < -0.3 is 10.2 Å². The van der Waals surface area contributed by atoms with Gasteiger partial charge in [0.15, 0.2) is 5.03 Å². The van der Waals surface area contributed by atoms with Crippen LogP contribution < -0.4 is 4.72 Å². The van der Waals surface area contributed by atoms with Crippen molar-refractivity contribution < 1.29 is 23.4 Å². The number of carboxylic acids is 1. The molecule has 0 radical (unpaired) electrons. The van der Waals surface area contributed by atoms with Gasteiger partial charge in [-0.2, -0.15) is 9.82 Å². The van der Waals surface area contributed by atoms with Gasteiger partial charge in [-0.3, -0.25) is 9.48 Å². The van der Waals surface area contributed by atoms with Crippen LogP contribution in [0.4, 0.5) is 0 Å². The van der Waals surface area contributed by atoms with Crippen LogP contribution in [0.2, 0.25) is 5.02 Å². The fourth-order valence-electron chi connectivity index (χ4n) is 1.31. The first-order chi connectivity index (χ1) is 8.29. The molecule has 1 aromatic rings. The summed E-state index contributed by atoms with van der Waals surface area (Å²) in [4.78, 5) is 10.8. The maximum Gasteiger partial charge on any atom is 0.321 e. The second-order valence-corrected chi connectivity index (χ2v) is 5.48. The predicted octanol–water partition coefficient (Wildman–Crippen LogP) is -0.813. The summed E-state index contributed by atoms with van der Waals surface area (Å²) in [7, 11) is -2.75. The Bertz CT molecular complexity index is 521. The standard InChI is InChI=1S/C8H12ClN3O5S/c1-12-7(5(9)4-10-12)18(16,17)11-6(2-3-13)8(14)15/h4,6,11,13H,2-3H2,1H3,(H,14,15). The second-order valence-electron chi connectivity index (χ2n) is 3.45. The van der Waals surface area contributed by atoms with Crippen molar-refractivity contribution in [3.8, 4) is 0 Å². The molecule has 0 spiro atoms. The number of hydrogen-bond donors (Lipinski definition) is 3. The lowest BCUT2D eigenvalue weighted by molar-refractivity contribution is -0.139. The second kappa shape index (κ2) is 5.65. The lowest BCUT2D eigenvalue weighted by Gasteiger charge is -2.13. The third-order valence-electron chi connectivity index (χ3n) is 2.11. The van der Waals surface area contributed by atoms with Gasteiger partial charge in [0.1, 0.15) is 6.04 Å². The number of sulfonamides is 1. The van der Waals surface area contributed by atoms with Crippen molar-refractivity contribution in [1.29, 1.82) is 0 Å². The topological polar surface area (TPSA) is 122 Å². The summed E-state index contributed by atoms with van der Waals surface area (Å²) in [5.74, 6) is -1.38. The zero-order valence-electron chi connectivity index (χ0n) is 9.37. The number of aryl methyl sites for hydroxylation is 1. The Morgan fingerprint density at radius 1 is 1.67 bits per heavy atom. The molecule has 1 heterocycles. The average Bonchev–Trinajstić information content (AvgIpc) is 2.58. The SMILES string of the molecule is Cn1ncc(Cl)c1S(=O)(=O)NC(CCO)C(=O)O. The van der Waals surface area contributed by atoms with E-state index in [4.69, 9.17) is 21.8 Å². The first kappa shape index (κ1) is 14.9. The molecule has 0 aliphatic rings. The average molecular weight is 298 g/mol. The van der Waals surface area contributed by atoms with E-state index in [-0.39, 0.29) is 16.5 Å². The first-order valence-corrected chi connectivity index (χ1v) is 6.69. The summed E-state index contributed by atoms with van der Waals surface area (Å²) in [6.45, 7) is -0.460. The van der Waals surface area contributed by atoms with E-state index in [1.807, 2.05) is 4.72 Å². The van der Waals surface area contributed by atoms with Crippen molar-refractivity contribution in [2.45, 2.75) is 17.5 Å². The minimum absolute atomic E-state index is 0.113. The van der Waals surface area contributed by atoms with Gasteiger partial charge in [0, 0.05) is 13.7 Å². The Labute approximate surface area is 108 Å². The molecule has 0 aromatic carbocycles. The molecular weight excluding hydrogens is 286 g/mol. The van der Waals surface area contributed by atoms with Crippen LogP contribution in [0.3, 0.4) is 0 Å². The van der Waals surface area contributed by atoms with Crippen molar-refractivity contribution in [2.24, 2.45) is 7.05 Å². The lowest BCUT2D eigenvalue weighted by atomic mass is 10.2. The number of aromatic nitrogens is 2. The molecule has 1 aromatic heterocycles. The normalized spacial score (nSPS) is 13.5. The van der Waals surface area contributed by atoms with Crippen LogP contribution in [-0.2, 0) is 21.9 Å². The highest BCUT2D eigenvalue weighted by molar-refractivity contribution is 7.89. The maximum atomic E-state index is 11.9. The number of rotatable bonds is 6. The van der Waals surface area contributed by atoms with Gasteiger partial charge in [0.05, 0.1) is 11.2 Å². The number of nitrogens with one attached hydrogen (secondary N) is 1. The fourth-order valence-corrected chi connectivity index (χ4v) is 3.19. The van der Waals surface area contributed by atoms with Crippen LogP contribution in [0.15, 0.2) is 11.2 Å². The Hall–Kier alpha value is -1.16. The van der Waals surface area contributed by atoms with E-state index < -0.39 is 28.6 Å². The number of aliphatic hydroxyl groups is 1. The number of carboxylic acid groups (broad SMARTS) is 1. The number of aliphatic carboxylic acids is 1. The summed E-state index contributed by atoms with van der Waals surface area (Å²) < 4.78 is 26.8. The molecule has 3 N–H and O–H groups in total.